The number of β-amino-alcohol motifs (C(OH)–C–C–N with tert-alkyl or cyclic N) is 1. The van der Waals surface area contributed by atoms with Crippen LogP contribution in [0.5, 0.6) is 0 Å². The summed E-state index contributed by atoms with van der Waals surface area (Å²) in [5, 5.41) is 20.9. The van der Waals surface area contributed by atoms with Crippen molar-refractivity contribution in [3.8, 4) is 0 Å². The van der Waals surface area contributed by atoms with E-state index in [4.69, 9.17) is 11.6 Å². The minimum atomic E-state index is -4.04. The molecule has 0 saturated carbocycles. The predicted molar refractivity (Wildman–Crippen MR) is 76.7 cm³/mol. The zero-order valence-electron chi connectivity index (χ0n) is 11.3. The van der Waals surface area contributed by atoms with Crippen molar-refractivity contribution in [3.05, 3.63) is 33.3 Å². The van der Waals surface area contributed by atoms with Gasteiger partial charge >= 0.3 is 0 Å². The van der Waals surface area contributed by atoms with Gasteiger partial charge in [0.25, 0.3) is 5.69 Å². The van der Waals surface area contributed by atoms with Gasteiger partial charge < -0.3 is 5.11 Å². The van der Waals surface area contributed by atoms with E-state index in [1.54, 1.807) is 0 Å². The van der Waals surface area contributed by atoms with Crippen LogP contribution in [-0.2, 0) is 10.0 Å². The van der Waals surface area contributed by atoms with Gasteiger partial charge in [-0.2, -0.15) is 4.31 Å². The number of hydrogen-bond acceptors (Lipinski definition) is 5. The average Bonchev–Trinajstić information content (AvgIpc) is 2.41. The fraction of sp³-hybridized carbons (Fsp3) is 0.500. The van der Waals surface area contributed by atoms with Crippen molar-refractivity contribution < 1.29 is 18.4 Å². The predicted octanol–water partition coefficient (Wildman–Crippen LogP) is 1.64. The van der Waals surface area contributed by atoms with E-state index < -0.39 is 31.6 Å². The first-order valence-electron chi connectivity index (χ1n) is 6.35. The third-order valence-electron chi connectivity index (χ3n) is 3.62. The molecule has 1 heterocycles. The summed E-state index contributed by atoms with van der Waals surface area (Å²) in [5.41, 5.74) is -0.560. The Bertz CT molecular complexity index is 664. The summed E-state index contributed by atoms with van der Waals surface area (Å²) in [4.78, 5) is 9.85. The van der Waals surface area contributed by atoms with Crippen molar-refractivity contribution in [2.45, 2.75) is 24.3 Å². The minimum absolute atomic E-state index is 0.00310. The molecule has 21 heavy (non-hydrogen) atoms. The van der Waals surface area contributed by atoms with Gasteiger partial charge in [-0.1, -0.05) is 18.5 Å². The maximum atomic E-state index is 12.5. The molecular weight excluding hydrogens is 320 g/mol. The molecule has 1 aromatic rings. The fourth-order valence-corrected chi connectivity index (χ4v) is 4.01. The number of aliphatic hydroxyl groups excluding tert-OH is 1. The standard InChI is InChI=1S/C12H15ClN2O5S/c1-8-4-5-14(7-11(8)16)21(19,20)12-3-2-9(13)6-10(12)15(17)18/h2-3,6,8,11,16H,4-5,7H2,1H3. The highest BCUT2D eigenvalue weighted by Crippen LogP contribution is 2.31. The van der Waals surface area contributed by atoms with Crippen molar-refractivity contribution >= 4 is 27.3 Å². The summed E-state index contributed by atoms with van der Waals surface area (Å²) in [6.45, 7) is 1.99. The van der Waals surface area contributed by atoms with Crippen LogP contribution in [0.15, 0.2) is 23.1 Å². The van der Waals surface area contributed by atoms with Crippen molar-refractivity contribution in [2.75, 3.05) is 13.1 Å². The average molecular weight is 335 g/mol. The minimum Gasteiger partial charge on any atom is -0.391 e. The van der Waals surface area contributed by atoms with E-state index in [0.717, 1.165) is 16.4 Å². The van der Waals surface area contributed by atoms with Gasteiger partial charge in [-0.25, -0.2) is 8.42 Å². The van der Waals surface area contributed by atoms with Crippen molar-refractivity contribution in [1.29, 1.82) is 0 Å². The van der Waals surface area contributed by atoms with E-state index in [9.17, 15) is 23.6 Å². The summed E-state index contributed by atoms with van der Waals surface area (Å²) in [6, 6.07) is 3.43. The van der Waals surface area contributed by atoms with Crippen LogP contribution < -0.4 is 0 Å². The van der Waals surface area contributed by atoms with Crippen LogP contribution in [0.25, 0.3) is 0 Å². The topological polar surface area (TPSA) is 101 Å². The number of rotatable bonds is 3. The quantitative estimate of drug-likeness (QED) is 0.669. The molecular formula is C12H15ClN2O5S. The normalized spacial score (nSPS) is 24.0. The summed E-state index contributed by atoms with van der Waals surface area (Å²) in [5.74, 6) is -0.00310. The molecule has 1 saturated heterocycles. The molecule has 0 aromatic heterocycles. The van der Waals surface area contributed by atoms with Crippen LogP contribution in [0.4, 0.5) is 5.69 Å². The molecule has 0 aliphatic carbocycles. The molecule has 116 valence electrons. The lowest BCUT2D eigenvalue weighted by Crippen LogP contribution is -2.45. The lowest BCUT2D eigenvalue weighted by molar-refractivity contribution is -0.387. The Hall–Kier alpha value is -1.22. The van der Waals surface area contributed by atoms with Crippen LogP contribution in [-0.4, -0.2) is 41.9 Å². The molecule has 1 aliphatic heterocycles. The van der Waals surface area contributed by atoms with Gasteiger partial charge in [0.1, 0.15) is 0 Å². The van der Waals surface area contributed by atoms with Crippen LogP contribution in [0.2, 0.25) is 5.02 Å². The van der Waals surface area contributed by atoms with E-state index in [1.165, 1.54) is 6.07 Å². The summed E-state index contributed by atoms with van der Waals surface area (Å²) < 4.78 is 26.2. The molecule has 0 radical (unpaired) electrons. The summed E-state index contributed by atoms with van der Waals surface area (Å²) >= 11 is 5.69. The van der Waals surface area contributed by atoms with Crippen molar-refractivity contribution in [1.82, 2.24) is 4.31 Å². The molecule has 1 aromatic carbocycles. The maximum Gasteiger partial charge on any atom is 0.290 e. The van der Waals surface area contributed by atoms with Crippen molar-refractivity contribution in [2.24, 2.45) is 5.92 Å². The zero-order valence-corrected chi connectivity index (χ0v) is 12.8. The molecule has 2 rings (SSSR count). The number of halogens is 1. The van der Waals surface area contributed by atoms with E-state index >= 15 is 0 Å². The number of sulfonamides is 1. The van der Waals surface area contributed by atoms with E-state index in [0.29, 0.717) is 6.42 Å². The molecule has 2 atom stereocenters. The monoisotopic (exact) mass is 334 g/mol. The number of hydrogen-bond donors (Lipinski definition) is 1. The molecule has 0 spiro atoms. The lowest BCUT2D eigenvalue weighted by atomic mass is 9.98. The third kappa shape index (κ3) is 3.18. The van der Waals surface area contributed by atoms with Gasteiger partial charge in [0.05, 0.1) is 11.0 Å². The van der Waals surface area contributed by atoms with Crippen LogP contribution in [0.1, 0.15) is 13.3 Å². The number of aliphatic hydroxyl groups is 1. The number of benzene rings is 1. The van der Waals surface area contributed by atoms with Crippen LogP contribution >= 0.6 is 11.6 Å². The fourth-order valence-electron chi connectivity index (χ4n) is 2.23. The molecule has 1 fully saturated rings. The van der Waals surface area contributed by atoms with Gasteiger partial charge in [-0.3, -0.25) is 10.1 Å². The van der Waals surface area contributed by atoms with Gasteiger partial charge in [0.2, 0.25) is 10.0 Å². The Morgan fingerprint density at radius 1 is 1.48 bits per heavy atom. The lowest BCUT2D eigenvalue weighted by Gasteiger charge is -2.33. The number of nitrogens with zero attached hydrogens (tertiary/aromatic N) is 2. The summed E-state index contributed by atoms with van der Waals surface area (Å²) in [7, 11) is -4.04. The number of piperidine rings is 1. The Morgan fingerprint density at radius 3 is 2.71 bits per heavy atom. The second-order valence-electron chi connectivity index (χ2n) is 5.07. The molecule has 0 amide bonds. The second-order valence-corrected chi connectivity index (χ2v) is 7.41. The summed E-state index contributed by atoms with van der Waals surface area (Å²) in [6.07, 6.45) is -0.276. The first kappa shape index (κ1) is 16.2. The SMILES string of the molecule is CC1CCN(S(=O)(=O)c2ccc(Cl)cc2[N+](=O)[O-])CC1O. The van der Waals surface area contributed by atoms with E-state index in [2.05, 4.69) is 0 Å². The first-order valence-corrected chi connectivity index (χ1v) is 8.17. The van der Waals surface area contributed by atoms with Gasteiger partial charge in [0.15, 0.2) is 4.90 Å². The highest BCUT2D eigenvalue weighted by Gasteiger charge is 2.36. The molecule has 9 heteroatoms. The van der Waals surface area contributed by atoms with Gasteiger partial charge in [-0.15, -0.1) is 0 Å². The Balaban J connectivity index is 2.43. The second kappa shape index (κ2) is 5.88. The van der Waals surface area contributed by atoms with Crippen LogP contribution in [0, 0.1) is 16.0 Å². The molecule has 2 unspecified atom stereocenters. The highest BCUT2D eigenvalue weighted by molar-refractivity contribution is 7.89. The molecule has 7 nitrogen and oxygen atoms in total. The zero-order chi connectivity index (χ0) is 15.8. The van der Waals surface area contributed by atoms with Crippen LogP contribution in [0.3, 0.4) is 0 Å². The smallest absolute Gasteiger partial charge is 0.290 e. The van der Waals surface area contributed by atoms with Gasteiger partial charge in [0, 0.05) is 24.2 Å². The number of nitro benzene ring substituents is 1. The third-order valence-corrected chi connectivity index (χ3v) is 5.76. The first-order chi connectivity index (χ1) is 9.73. The number of nitro groups is 1. The molecule has 1 N–H and O–H groups in total. The Labute approximate surface area is 127 Å². The Kier molecular flexibility index (Phi) is 4.52. The molecule has 0 bridgehead atoms. The van der Waals surface area contributed by atoms with Gasteiger partial charge in [-0.05, 0) is 24.5 Å². The van der Waals surface area contributed by atoms with E-state index in [1.807, 2.05) is 6.92 Å². The highest BCUT2D eigenvalue weighted by atomic mass is 35.5. The largest absolute Gasteiger partial charge is 0.391 e. The molecule has 1 aliphatic rings. The van der Waals surface area contributed by atoms with E-state index in [-0.39, 0.29) is 24.0 Å². The Morgan fingerprint density at radius 2 is 2.14 bits per heavy atom. The van der Waals surface area contributed by atoms with Crippen molar-refractivity contribution in [3.63, 3.8) is 0 Å². The maximum absolute atomic E-state index is 12.5.